The second kappa shape index (κ2) is 3.68. The number of ether oxygens (including phenoxy) is 1. The van der Waals surface area contributed by atoms with Gasteiger partial charge in [-0.3, -0.25) is 0 Å². The van der Waals surface area contributed by atoms with Crippen molar-refractivity contribution in [2.75, 3.05) is 13.7 Å². The first-order chi connectivity index (χ1) is 7.22. The Kier molecular flexibility index (Phi) is 2.37. The van der Waals surface area contributed by atoms with Gasteiger partial charge in [-0.05, 0) is 12.1 Å². The Labute approximate surface area is 87.1 Å². The van der Waals surface area contributed by atoms with Crippen LogP contribution >= 0.6 is 0 Å². The summed E-state index contributed by atoms with van der Waals surface area (Å²) in [5.41, 5.74) is 0.610. The SMILES string of the molecule is COc1cccc(O)c1[C@H]1CNC(=O)N1. The van der Waals surface area contributed by atoms with E-state index in [1.165, 1.54) is 7.11 Å². The fourth-order valence-corrected chi connectivity index (χ4v) is 1.69. The molecule has 0 spiro atoms. The topological polar surface area (TPSA) is 70.6 Å². The molecule has 5 nitrogen and oxygen atoms in total. The lowest BCUT2D eigenvalue weighted by atomic mass is 10.1. The van der Waals surface area contributed by atoms with Crippen LogP contribution in [0.1, 0.15) is 11.6 Å². The van der Waals surface area contributed by atoms with Crippen LogP contribution in [0.4, 0.5) is 4.79 Å². The lowest BCUT2D eigenvalue weighted by molar-refractivity contribution is 0.247. The third kappa shape index (κ3) is 1.68. The number of aromatic hydroxyl groups is 1. The molecular weight excluding hydrogens is 196 g/mol. The van der Waals surface area contributed by atoms with Crippen LogP contribution < -0.4 is 15.4 Å². The van der Waals surface area contributed by atoms with Gasteiger partial charge in [0.05, 0.1) is 18.7 Å². The van der Waals surface area contributed by atoms with Crippen molar-refractivity contribution in [3.8, 4) is 11.5 Å². The number of methoxy groups -OCH3 is 1. The van der Waals surface area contributed by atoms with Gasteiger partial charge in [-0.15, -0.1) is 0 Å². The standard InChI is InChI=1S/C10H12N2O3/c1-15-8-4-2-3-7(13)9(8)6-5-11-10(14)12-6/h2-4,6,13H,5H2,1H3,(H2,11,12,14)/t6-/m1/s1. The van der Waals surface area contributed by atoms with Crippen LogP contribution in [0.5, 0.6) is 11.5 Å². The molecule has 1 aromatic rings. The second-order valence-electron chi connectivity index (χ2n) is 3.30. The number of hydrogen-bond donors (Lipinski definition) is 3. The van der Waals surface area contributed by atoms with Crippen LogP contribution in [-0.2, 0) is 0 Å². The number of amides is 2. The number of carbonyl (C=O) groups excluding carboxylic acids is 1. The van der Waals surface area contributed by atoms with E-state index in [9.17, 15) is 9.90 Å². The van der Waals surface area contributed by atoms with Crippen molar-refractivity contribution in [3.63, 3.8) is 0 Å². The van der Waals surface area contributed by atoms with Gasteiger partial charge in [0.25, 0.3) is 0 Å². The van der Waals surface area contributed by atoms with Gasteiger partial charge in [0.1, 0.15) is 11.5 Å². The van der Waals surface area contributed by atoms with Crippen LogP contribution in [0.25, 0.3) is 0 Å². The zero-order chi connectivity index (χ0) is 10.8. The molecule has 1 heterocycles. The second-order valence-corrected chi connectivity index (χ2v) is 3.30. The number of benzene rings is 1. The molecule has 2 amide bonds. The molecule has 0 aliphatic carbocycles. The highest BCUT2D eigenvalue weighted by molar-refractivity contribution is 5.77. The zero-order valence-electron chi connectivity index (χ0n) is 8.28. The Morgan fingerprint density at radius 2 is 2.33 bits per heavy atom. The van der Waals surface area contributed by atoms with Gasteiger partial charge in [0, 0.05) is 6.54 Å². The van der Waals surface area contributed by atoms with Crippen molar-refractivity contribution < 1.29 is 14.6 Å². The fraction of sp³-hybridized carbons (Fsp3) is 0.300. The molecule has 1 aliphatic rings. The van der Waals surface area contributed by atoms with Crippen LogP contribution in [0, 0.1) is 0 Å². The van der Waals surface area contributed by atoms with E-state index in [1.54, 1.807) is 18.2 Å². The summed E-state index contributed by atoms with van der Waals surface area (Å²) >= 11 is 0. The fourth-order valence-electron chi connectivity index (χ4n) is 1.69. The van der Waals surface area contributed by atoms with Gasteiger partial charge in [-0.1, -0.05) is 6.07 Å². The van der Waals surface area contributed by atoms with Gasteiger partial charge < -0.3 is 20.5 Å². The third-order valence-electron chi connectivity index (χ3n) is 2.38. The van der Waals surface area contributed by atoms with E-state index in [0.29, 0.717) is 17.9 Å². The Morgan fingerprint density at radius 3 is 2.93 bits per heavy atom. The zero-order valence-corrected chi connectivity index (χ0v) is 8.28. The maximum Gasteiger partial charge on any atom is 0.315 e. The molecule has 15 heavy (non-hydrogen) atoms. The molecule has 1 atom stereocenters. The van der Waals surface area contributed by atoms with Crippen molar-refractivity contribution in [1.29, 1.82) is 0 Å². The highest BCUT2D eigenvalue weighted by Crippen LogP contribution is 2.33. The minimum absolute atomic E-state index is 0.128. The predicted molar refractivity (Wildman–Crippen MR) is 53.9 cm³/mol. The van der Waals surface area contributed by atoms with Gasteiger partial charge >= 0.3 is 6.03 Å². The largest absolute Gasteiger partial charge is 0.507 e. The van der Waals surface area contributed by atoms with E-state index in [1.807, 2.05) is 0 Å². The summed E-state index contributed by atoms with van der Waals surface area (Å²) < 4.78 is 5.13. The van der Waals surface area contributed by atoms with E-state index >= 15 is 0 Å². The molecule has 0 saturated carbocycles. The average Bonchev–Trinajstić information content (AvgIpc) is 2.64. The molecular formula is C10H12N2O3. The number of phenols is 1. The molecule has 1 saturated heterocycles. The van der Waals surface area contributed by atoms with Gasteiger partial charge in [0.15, 0.2) is 0 Å². The van der Waals surface area contributed by atoms with Crippen LogP contribution in [0.3, 0.4) is 0 Å². The lowest BCUT2D eigenvalue weighted by Gasteiger charge is -2.14. The monoisotopic (exact) mass is 208 g/mol. The minimum Gasteiger partial charge on any atom is -0.507 e. The van der Waals surface area contributed by atoms with Gasteiger partial charge in [-0.25, -0.2) is 4.79 Å². The number of urea groups is 1. The summed E-state index contributed by atoms with van der Waals surface area (Å²) in [7, 11) is 1.53. The van der Waals surface area contributed by atoms with Crippen molar-refractivity contribution in [3.05, 3.63) is 23.8 Å². The first-order valence-corrected chi connectivity index (χ1v) is 4.62. The number of hydrogen-bond acceptors (Lipinski definition) is 3. The summed E-state index contributed by atoms with van der Waals surface area (Å²) in [6, 6.07) is 4.54. The van der Waals surface area contributed by atoms with E-state index < -0.39 is 0 Å². The van der Waals surface area contributed by atoms with Crippen LogP contribution in [0.2, 0.25) is 0 Å². The lowest BCUT2D eigenvalue weighted by Crippen LogP contribution is -2.22. The van der Waals surface area contributed by atoms with Crippen molar-refractivity contribution in [2.24, 2.45) is 0 Å². The Hall–Kier alpha value is -1.91. The first kappa shape index (κ1) is 9.64. The van der Waals surface area contributed by atoms with E-state index in [0.717, 1.165) is 0 Å². The summed E-state index contributed by atoms with van der Waals surface area (Å²) in [4.78, 5) is 11.0. The Bertz CT molecular complexity index is 392. The Morgan fingerprint density at radius 1 is 1.53 bits per heavy atom. The smallest absolute Gasteiger partial charge is 0.315 e. The normalized spacial score (nSPS) is 19.5. The summed E-state index contributed by atoms with van der Waals surface area (Å²) in [5, 5.41) is 15.0. The molecule has 1 aromatic carbocycles. The number of carbonyl (C=O) groups is 1. The molecule has 1 fully saturated rings. The quantitative estimate of drug-likeness (QED) is 0.671. The predicted octanol–water partition coefficient (Wildman–Crippen LogP) is 0.755. The number of nitrogens with one attached hydrogen (secondary N) is 2. The van der Waals surface area contributed by atoms with Crippen LogP contribution in [-0.4, -0.2) is 24.8 Å². The summed E-state index contributed by atoms with van der Waals surface area (Å²) in [6.45, 7) is 0.451. The number of phenolic OH excluding ortho intramolecular Hbond substituents is 1. The summed E-state index contributed by atoms with van der Waals surface area (Å²) in [5.74, 6) is 0.701. The molecule has 2 rings (SSSR count). The molecule has 0 radical (unpaired) electrons. The van der Waals surface area contributed by atoms with E-state index in [-0.39, 0.29) is 17.8 Å². The molecule has 0 unspecified atom stereocenters. The molecule has 3 N–H and O–H groups in total. The van der Waals surface area contributed by atoms with Crippen LogP contribution in [0.15, 0.2) is 18.2 Å². The maximum atomic E-state index is 11.0. The average molecular weight is 208 g/mol. The highest BCUT2D eigenvalue weighted by atomic mass is 16.5. The van der Waals surface area contributed by atoms with E-state index in [2.05, 4.69) is 10.6 Å². The molecule has 80 valence electrons. The van der Waals surface area contributed by atoms with Crippen molar-refractivity contribution >= 4 is 6.03 Å². The van der Waals surface area contributed by atoms with Crippen molar-refractivity contribution in [2.45, 2.75) is 6.04 Å². The van der Waals surface area contributed by atoms with Gasteiger partial charge in [0.2, 0.25) is 0 Å². The van der Waals surface area contributed by atoms with Gasteiger partial charge in [-0.2, -0.15) is 0 Å². The maximum absolute atomic E-state index is 11.0. The first-order valence-electron chi connectivity index (χ1n) is 4.62. The Balaban J connectivity index is 2.37. The molecule has 0 bridgehead atoms. The highest BCUT2D eigenvalue weighted by Gasteiger charge is 2.26. The number of rotatable bonds is 2. The third-order valence-corrected chi connectivity index (χ3v) is 2.38. The van der Waals surface area contributed by atoms with E-state index in [4.69, 9.17) is 4.74 Å². The summed E-state index contributed by atoms with van der Waals surface area (Å²) in [6.07, 6.45) is 0. The molecule has 5 heteroatoms. The minimum atomic E-state index is -0.242. The van der Waals surface area contributed by atoms with Crippen molar-refractivity contribution in [1.82, 2.24) is 10.6 Å². The molecule has 1 aliphatic heterocycles. The molecule has 0 aromatic heterocycles.